The van der Waals surface area contributed by atoms with Gasteiger partial charge >= 0.3 is 5.69 Å². The largest absolute Gasteiger partial charge is 0.490 e. The number of methoxy groups -OCH3 is 1. The first-order valence-corrected chi connectivity index (χ1v) is 8.83. The summed E-state index contributed by atoms with van der Waals surface area (Å²) in [6.07, 6.45) is -0.543. The van der Waals surface area contributed by atoms with E-state index in [1.54, 1.807) is 31.2 Å². The molecule has 0 aromatic heterocycles. The number of fused-ring (bicyclic) bond motifs is 1. The molecule has 1 unspecified atom stereocenters. The summed E-state index contributed by atoms with van der Waals surface area (Å²) in [5, 5.41) is 22.4. The molecule has 2 aromatic rings. The van der Waals surface area contributed by atoms with Gasteiger partial charge in [-0.15, -0.1) is 0 Å². The number of anilines is 1. The van der Waals surface area contributed by atoms with Gasteiger partial charge in [-0.25, -0.2) is 0 Å². The average Bonchev–Trinajstić information content (AvgIpc) is 2.89. The van der Waals surface area contributed by atoms with Gasteiger partial charge in [-0.3, -0.25) is 19.7 Å². The summed E-state index contributed by atoms with van der Waals surface area (Å²) in [7, 11) is 1.29. The number of ether oxygens (including phenoxy) is 1. The number of carbonyl (C=O) groups excluding carboxylic acids is 2. The van der Waals surface area contributed by atoms with E-state index < -0.39 is 28.6 Å². The normalized spacial score (nSPS) is 17.8. The van der Waals surface area contributed by atoms with Crippen LogP contribution in [0.5, 0.6) is 5.75 Å². The monoisotopic (exact) mass is 396 g/mol. The molecular formula is C21H20N2O6. The van der Waals surface area contributed by atoms with Gasteiger partial charge in [-0.05, 0) is 25.1 Å². The first kappa shape index (κ1) is 20.2. The van der Waals surface area contributed by atoms with Crippen molar-refractivity contribution in [2.75, 3.05) is 18.6 Å². The third-order valence-electron chi connectivity index (χ3n) is 4.78. The van der Waals surface area contributed by atoms with Gasteiger partial charge in [0.25, 0.3) is 5.91 Å². The number of para-hydroxylation sites is 1. The molecule has 2 aromatic carbocycles. The van der Waals surface area contributed by atoms with Gasteiger partial charge in [-0.1, -0.05) is 30.4 Å². The average molecular weight is 396 g/mol. The molecule has 150 valence electrons. The van der Waals surface area contributed by atoms with E-state index in [2.05, 4.69) is 6.58 Å². The maximum Gasteiger partial charge on any atom is 0.311 e. The molecule has 3 rings (SSSR count). The first-order valence-electron chi connectivity index (χ1n) is 8.83. The van der Waals surface area contributed by atoms with Crippen molar-refractivity contribution >= 4 is 23.1 Å². The minimum Gasteiger partial charge on any atom is -0.490 e. The van der Waals surface area contributed by atoms with Crippen molar-refractivity contribution in [3.63, 3.8) is 0 Å². The molecule has 0 radical (unpaired) electrons. The molecule has 0 bridgehead atoms. The fourth-order valence-corrected chi connectivity index (χ4v) is 3.44. The number of benzene rings is 2. The summed E-state index contributed by atoms with van der Waals surface area (Å²) >= 11 is 0. The summed E-state index contributed by atoms with van der Waals surface area (Å²) in [6, 6.07) is 10.5. The number of aliphatic hydroxyl groups is 1. The van der Waals surface area contributed by atoms with Crippen molar-refractivity contribution in [1.29, 1.82) is 0 Å². The van der Waals surface area contributed by atoms with Crippen LogP contribution in [0.1, 0.15) is 29.3 Å². The van der Waals surface area contributed by atoms with E-state index in [4.69, 9.17) is 4.74 Å². The molecule has 1 N–H and O–H groups in total. The minimum atomic E-state index is -2.06. The minimum absolute atomic E-state index is 0.00885. The van der Waals surface area contributed by atoms with Crippen LogP contribution in [0.3, 0.4) is 0 Å². The van der Waals surface area contributed by atoms with Gasteiger partial charge in [0.2, 0.25) is 0 Å². The Bertz CT molecular complexity index is 1030. The molecule has 29 heavy (non-hydrogen) atoms. The van der Waals surface area contributed by atoms with E-state index in [0.29, 0.717) is 11.3 Å². The Morgan fingerprint density at radius 2 is 2.00 bits per heavy atom. The van der Waals surface area contributed by atoms with Crippen LogP contribution >= 0.6 is 0 Å². The summed E-state index contributed by atoms with van der Waals surface area (Å²) in [4.78, 5) is 37.8. The number of carbonyl (C=O) groups is 2. The molecule has 0 saturated carbocycles. The van der Waals surface area contributed by atoms with Crippen molar-refractivity contribution in [1.82, 2.24) is 0 Å². The fourth-order valence-electron chi connectivity index (χ4n) is 3.44. The van der Waals surface area contributed by atoms with Crippen LogP contribution in [-0.4, -0.2) is 35.4 Å². The number of nitro groups is 1. The number of nitro benzene ring substituents is 1. The quantitative estimate of drug-likeness (QED) is 0.333. The van der Waals surface area contributed by atoms with E-state index >= 15 is 0 Å². The number of ketones is 1. The van der Waals surface area contributed by atoms with Gasteiger partial charge < -0.3 is 14.7 Å². The number of Topliss-reactive ketones (excluding diaryl/α,β-unsaturated/α-hetero) is 1. The summed E-state index contributed by atoms with van der Waals surface area (Å²) in [5.74, 6) is -1.21. The Kier molecular flexibility index (Phi) is 5.21. The molecular weight excluding hydrogens is 376 g/mol. The number of nitrogens with zero attached hydrogens (tertiary/aromatic N) is 2. The van der Waals surface area contributed by atoms with Gasteiger partial charge in [0.1, 0.15) is 0 Å². The predicted octanol–water partition coefficient (Wildman–Crippen LogP) is 2.99. The predicted molar refractivity (Wildman–Crippen MR) is 106 cm³/mol. The van der Waals surface area contributed by atoms with Crippen LogP contribution in [0.2, 0.25) is 0 Å². The molecule has 0 fully saturated rings. The number of hydrogen-bond donors (Lipinski definition) is 1. The maximum absolute atomic E-state index is 13.0. The molecule has 1 amide bonds. The van der Waals surface area contributed by atoms with Gasteiger partial charge in [0.05, 0.1) is 24.1 Å². The Morgan fingerprint density at radius 1 is 1.31 bits per heavy atom. The van der Waals surface area contributed by atoms with E-state index in [9.17, 15) is 24.8 Å². The lowest BCUT2D eigenvalue weighted by molar-refractivity contribution is -0.385. The van der Waals surface area contributed by atoms with Crippen molar-refractivity contribution in [3.05, 3.63) is 75.9 Å². The molecule has 8 heteroatoms. The zero-order chi connectivity index (χ0) is 21.3. The van der Waals surface area contributed by atoms with Crippen LogP contribution in [0.25, 0.3) is 0 Å². The highest BCUT2D eigenvalue weighted by molar-refractivity contribution is 6.11. The number of rotatable bonds is 7. The van der Waals surface area contributed by atoms with Gasteiger partial charge in [0, 0.05) is 23.7 Å². The molecule has 1 atom stereocenters. The van der Waals surface area contributed by atoms with Crippen LogP contribution in [0, 0.1) is 10.1 Å². The lowest BCUT2D eigenvalue weighted by Gasteiger charge is -2.23. The summed E-state index contributed by atoms with van der Waals surface area (Å²) in [5.41, 5.74) is -0.867. The molecule has 8 nitrogen and oxygen atoms in total. The molecule has 0 spiro atoms. The van der Waals surface area contributed by atoms with E-state index in [-0.39, 0.29) is 23.5 Å². The Balaban J connectivity index is 1.98. The second-order valence-electron chi connectivity index (χ2n) is 6.97. The SMILES string of the molecule is C=C(C)CN1C(=O)C(O)(CC(=O)c2ccc(OC)c([N+](=O)[O-])c2)c2ccccc21. The Morgan fingerprint density at radius 3 is 2.62 bits per heavy atom. The smallest absolute Gasteiger partial charge is 0.311 e. The highest BCUT2D eigenvalue weighted by atomic mass is 16.6. The van der Waals surface area contributed by atoms with Crippen molar-refractivity contribution < 1.29 is 24.4 Å². The summed E-state index contributed by atoms with van der Waals surface area (Å²) in [6.45, 7) is 5.77. The lowest BCUT2D eigenvalue weighted by Crippen LogP contribution is -2.42. The highest BCUT2D eigenvalue weighted by Gasteiger charge is 2.50. The molecule has 1 aliphatic heterocycles. The van der Waals surface area contributed by atoms with Crippen LogP contribution < -0.4 is 9.64 Å². The van der Waals surface area contributed by atoms with Gasteiger partial charge in [-0.2, -0.15) is 0 Å². The third kappa shape index (κ3) is 3.50. The first-order chi connectivity index (χ1) is 13.7. The van der Waals surface area contributed by atoms with Crippen molar-refractivity contribution in [2.24, 2.45) is 0 Å². The van der Waals surface area contributed by atoms with Crippen LogP contribution in [0.4, 0.5) is 11.4 Å². The van der Waals surface area contributed by atoms with Crippen molar-refractivity contribution in [3.8, 4) is 5.75 Å². The molecule has 0 saturated heterocycles. The fraction of sp³-hybridized carbons (Fsp3) is 0.238. The summed E-state index contributed by atoms with van der Waals surface area (Å²) < 4.78 is 4.94. The topological polar surface area (TPSA) is 110 Å². The maximum atomic E-state index is 13.0. The Hall–Kier alpha value is -3.52. The number of amides is 1. The third-order valence-corrected chi connectivity index (χ3v) is 4.78. The number of hydrogen-bond acceptors (Lipinski definition) is 6. The van der Waals surface area contributed by atoms with E-state index in [0.717, 1.165) is 11.6 Å². The van der Waals surface area contributed by atoms with Crippen LogP contribution in [-0.2, 0) is 10.4 Å². The molecule has 0 aliphatic carbocycles. The standard InChI is InChI=1S/C21H20N2O6/c1-13(2)12-22-16-7-5-4-6-15(16)21(26,20(22)25)11-18(24)14-8-9-19(29-3)17(10-14)23(27)28/h4-10,26H,1,11-12H2,2-3H3. The zero-order valence-electron chi connectivity index (χ0n) is 16.0. The second-order valence-corrected chi connectivity index (χ2v) is 6.97. The zero-order valence-corrected chi connectivity index (χ0v) is 16.0. The van der Waals surface area contributed by atoms with Gasteiger partial charge in [0.15, 0.2) is 17.1 Å². The molecule has 1 aliphatic rings. The van der Waals surface area contributed by atoms with Crippen LogP contribution in [0.15, 0.2) is 54.6 Å². The Labute approximate surface area is 167 Å². The van der Waals surface area contributed by atoms with Crippen molar-refractivity contribution in [2.45, 2.75) is 18.9 Å². The van der Waals surface area contributed by atoms with E-state index in [1.807, 2.05) is 0 Å². The lowest BCUT2D eigenvalue weighted by atomic mass is 9.88. The second kappa shape index (κ2) is 7.48. The highest BCUT2D eigenvalue weighted by Crippen LogP contribution is 2.43. The van der Waals surface area contributed by atoms with E-state index in [1.165, 1.54) is 24.1 Å². The molecule has 1 heterocycles.